The van der Waals surface area contributed by atoms with E-state index in [0.717, 1.165) is 23.4 Å². The number of nitrogen functional groups attached to an aromatic ring is 1. The van der Waals surface area contributed by atoms with E-state index in [-0.39, 0.29) is 17.2 Å². The van der Waals surface area contributed by atoms with Gasteiger partial charge in [-0.1, -0.05) is 18.6 Å². The van der Waals surface area contributed by atoms with E-state index in [1.54, 1.807) is 11.8 Å². The molecule has 1 heterocycles. The van der Waals surface area contributed by atoms with Crippen molar-refractivity contribution in [3.05, 3.63) is 29.8 Å². The lowest BCUT2D eigenvalue weighted by Crippen LogP contribution is -2.37. The van der Waals surface area contributed by atoms with Crippen LogP contribution in [0.25, 0.3) is 0 Å². The van der Waals surface area contributed by atoms with Gasteiger partial charge < -0.3 is 10.6 Å². The fraction of sp³-hybridized carbons (Fsp3) is 0.533. The Labute approximate surface area is 119 Å². The molecular weight excluding hydrogens is 256 g/mol. The van der Waals surface area contributed by atoms with Crippen LogP contribution in [0, 0.1) is 0 Å². The Morgan fingerprint density at radius 2 is 2.26 bits per heavy atom. The molecule has 1 fully saturated rings. The van der Waals surface area contributed by atoms with Crippen LogP contribution in [0.3, 0.4) is 0 Å². The number of thioether (sulfide) groups is 1. The van der Waals surface area contributed by atoms with Gasteiger partial charge in [-0.3, -0.25) is 4.79 Å². The molecule has 1 aromatic carbocycles. The van der Waals surface area contributed by atoms with E-state index < -0.39 is 0 Å². The summed E-state index contributed by atoms with van der Waals surface area (Å²) in [6.07, 6.45) is 3.42. The molecular formula is C15H22N2OS. The van der Waals surface area contributed by atoms with Crippen LogP contribution in [-0.4, -0.2) is 28.9 Å². The number of hydrogen-bond donors (Lipinski definition) is 1. The second-order valence-electron chi connectivity index (χ2n) is 5.15. The molecule has 0 saturated carbocycles. The quantitative estimate of drug-likeness (QED) is 0.864. The first kappa shape index (κ1) is 14.3. The first-order valence-electron chi connectivity index (χ1n) is 6.83. The van der Waals surface area contributed by atoms with E-state index in [9.17, 15) is 4.79 Å². The van der Waals surface area contributed by atoms with E-state index in [1.165, 1.54) is 12.8 Å². The summed E-state index contributed by atoms with van der Waals surface area (Å²) in [5.74, 6) is 1.36. The van der Waals surface area contributed by atoms with Crippen LogP contribution < -0.4 is 5.73 Å². The van der Waals surface area contributed by atoms with Gasteiger partial charge >= 0.3 is 0 Å². The minimum absolute atomic E-state index is 0.0681. The Kier molecular flexibility index (Phi) is 4.75. The number of carbonyl (C=O) groups excluding carboxylic acids is 1. The molecule has 19 heavy (non-hydrogen) atoms. The summed E-state index contributed by atoms with van der Waals surface area (Å²) in [6, 6.07) is 7.85. The second-order valence-corrected chi connectivity index (χ2v) is 6.46. The number of hydrogen-bond acceptors (Lipinski definition) is 3. The van der Waals surface area contributed by atoms with E-state index in [2.05, 4.69) is 6.92 Å². The molecule has 0 aromatic heterocycles. The molecule has 4 heteroatoms. The third kappa shape index (κ3) is 3.44. The van der Waals surface area contributed by atoms with Gasteiger partial charge in [-0.15, -0.1) is 11.8 Å². The highest BCUT2D eigenvalue weighted by Crippen LogP contribution is 2.29. The minimum Gasteiger partial charge on any atom is -0.399 e. The molecule has 0 spiro atoms. The molecule has 1 saturated heterocycles. The molecule has 2 atom stereocenters. The second kappa shape index (κ2) is 6.33. The van der Waals surface area contributed by atoms with Crippen molar-refractivity contribution in [2.45, 2.75) is 37.5 Å². The van der Waals surface area contributed by atoms with Gasteiger partial charge in [0.05, 0.1) is 11.3 Å². The summed E-state index contributed by atoms with van der Waals surface area (Å²) in [4.78, 5) is 14.3. The van der Waals surface area contributed by atoms with Crippen LogP contribution in [-0.2, 0) is 4.79 Å². The molecule has 1 aliphatic heterocycles. The molecule has 1 aromatic rings. The van der Waals surface area contributed by atoms with Crippen LogP contribution in [0.5, 0.6) is 0 Å². The predicted molar refractivity (Wildman–Crippen MR) is 82.1 cm³/mol. The third-order valence-corrected chi connectivity index (χ3v) is 5.14. The van der Waals surface area contributed by atoms with Gasteiger partial charge in [0.2, 0.25) is 5.91 Å². The topological polar surface area (TPSA) is 46.3 Å². The predicted octanol–water partition coefficient (Wildman–Crippen LogP) is 3.07. The molecule has 2 rings (SSSR count). The van der Waals surface area contributed by atoms with Crippen LogP contribution >= 0.6 is 11.8 Å². The number of nitrogens with zero attached hydrogens (tertiary/aromatic N) is 1. The van der Waals surface area contributed by atoms with Gasteiger partial charge in [0, 0.05) is 12.7 Å². The lowest BCUT2D eigenvalue weighted by atomic mass is 10.1. The van der Waals surface area contributed by atoms with Crippen molar-refractivity contribution >= 4 is 23.4 Å². The van der Waals surface area contributed by atoms with Crippen molar-refractivity contribution in [2.24, 2.45) is 0 Å². The van der Waals surface area contributed by atoms with Crippen molar-refractivity contribution < 1.29 is 4.79 Å². The van der Waals surface area contributed by atoms with E-state index in [0.29, 0.717) is 0 Å². The first-order chi connectivity index (χ1) is 9.09. The van der Waals surface area contributed by atoms with Crippen LogP contribution in [0.4, 0.5) is 5.69 Å². The van der Waals surface area contributed by atoms with Crippen molar-refractivity contribution in [2.75, 3.05) is 18.5 Å². The average Bonchev–Trinajstić information content (AvgIpc) is 2.46. The summed E-state index contributed by atoms with van der Waals surface area (Å²) >= 11 is 1.80. The number of nitrogens with two attached hydrogens (primary N) is 1. The number of rotatable bonds is 3. The number of carbonyl (C=O) groups is 1. The monoisotopic (exact) mass is 278 g/mol. The van der Waals surface area contributed by atoms with Crippen LogP contribution in [0.1, 0.15) is 37.8 Å². The smallest absolute Gasteiger partial charge is 0.235 e. The zero-order valence-corrected chi connectivity index (χ0v) is 12.5. The van der Waals surface area contributed by atoms with Crippen molar-refractivity contribution in [3.8, 4) is 0 Å². The molecule has 2 N–H and O–H groups in total. The normalized spacial score (nSPS) is 20.8. The van der Waals surface area contributed by atoms with Gasteiger partial charge in [0.25, 0.3) is 0 Å². The number of amides is 1. The van der Waals surface area contributed by atoms with Gasteiger partial charge in [0.1, 0.15) is 0 Å². The highest BCUT2D eigenvalue weighted by Gasteiger charge is 2.27. The van der Waals surface area contributed by atoms with Gasteiger partial charge in [-0.05, 0) is 43.2 Å². The van der Waals surface area contributed by atoms with Gasteiger partial charge in [-0.2, -0.15) is 0 Å². The average molecular weight is 278 g/mol. The summed E-state index contributed by atoms with van der Waals surface area (Å²) in [6.45, 7) is 2.06. The molecule has 1 aliphatic rings. The minimum atomic E-state index is 0.0681. The molecule has 0 bridgehead atoms. The molecule has 104 valence electrons. The van der Waals surface area contributed by atoms with Crippen LogP contribution in [0.15, 0.2) is 24.3 Å². The molecule has 2 unspecified atom stereocenters. The van der Waals surface area contributed by atoms with Crippen molar-refractivity contribution in [3.63, 3.8) is 0 Å². The fourth-order valence-electron chi connectivity index (χ4n) is 2.40. The van der Waals surface area contributed by atoms with E-state index in [4.69, 9.17) is 5.73 Å². The molecule has 0 aliphatic carbocycles. The van der Waals surface area contributed by atoms with Crippen molar-refractivity contribution in [1.82, 2.24) is 4.90 Å². The Bertz CT molecular complexity index is 444. The lowest BCUT2D eigenvalue weighted by molar-refractivity contribution is -0.131. The zero-order valence-electron chi connectivity index (χ0n) is 11.6. The summed E-state index contributed by atoms with van der Waals surface area (Å²) < 4.78 is 0. The maximum Gasteiger partial charge on any atom is 0.235 e. The Morgan fingerprint density at radius 1 is 1.47 bits per heavy atom. The first-order valence-corrected chi connectivity index (χ1v) is 7.88. The molecule has 1 amide bonds. The third-order valence-electron chi connectivity index (χ3n) is 3.78. The number of benzene rings is 1. The molecule has 0 radical (unpaired) electrons. The standard InChI is InChI=1S/C15H22N2OS/c1-11(12-6-5-7-13(16)10-12)17(2)15(18)14-8-3-4-9-19-14/h5-7,10-11,14H,3-4,8-9,16H2,1-2H3. The summed E-state index contributed by atoms with van der Waals surface area (Å²) in [5.41, 5.74) is 7.65. The van der Waals surface area contributed by atoms with Crippen LogP contribution in [0.2, 0.25) is 0 Å². The van der Waals surface area contributed by atoms with Gasteiger partial charge in [0.15, 0.2) is 0 Å². The highest BCUT2D eigenvalue weighted by molar-refractivity contribution is 8.00. The summed E-state index contributed by atoms with van der Waals surface area (Å²) in [7, 11) is 1.89. The molecule has 3 nitrogen and oxygen atoms in total. The SMILES string of the molecule is CC(c1cccc(N)c1)N(C)C(=O)C1CCCCS1. The number of anilines is 1. The van der Waals surface area contributed by atoms with Gasteiger partial charge in [-0.25, -0.2) is 0 Å². The Morgan fingerprint density at radius 3 is 2.89 bits per heavy atom. The summed E-state index contributed by atoms with van der Waals surface area (Å²) in [5, 5.41) is 0.141. The zero-order chi connectivity index (χ0) is 13.8. The fourth-order valence-corrected chi connectivity index (χ4v) is 3.69. The highest BCUT2D eigenvalue weighted by atomic mass is 32.2. The van der Waals surface area contributed by atoms with Crippen molar-refractivity contribution in [1.29, 1.82) is 0 Å². The Balaban J connectivity index is 2.05. The lowest BCUT2D eigenvalue weighted by Gasteiger charge is -2.30. The Hall–Kier alpha value is -1.16. The van der Waals surface area contributed by atoms with E-state index >= 15 is 0 Å². The largest absolute Gasteiger partial charge is 0.399 e. The maximum atomic E-state index is 12.5. The maximum absolute atomic E-state index is 12.5. The van der Waals surface area contributed by atoms with E-state index in [1.807, 2.05) is 36.2 Å².